The molecule has 2 N–H and O–H groups in total. The van der Waals surface area contributed by atoms with Crippen molar-refractivity contribution in [2.24, 2.45) is 5.41 Å². The second kappa shape index (κ2) is 8.82. The number of rotatable bonds is 6. The predicted molar refractivity (Wildman–Crippen MR) is 105 cm³/mol. The lowest BCUT2D eigenvalue weighted by Gasteiger charge is -2.34. The van der Waals surface area contributed by atoms with Crippen molar-refractivity contribution in [2.45, 2.75) is 68.6 Å². The van der Waals surface area contributed by atoms with E-state index in [1.165, 1.54) is 0 Å². The zero-order valence-corrected chi connectivity index (χ0v) is 18.1. The van der Waals surface area contributed by atoms with Crippen LogP contribution in [-0.4, -0.2) is 38.5 Å². The summed E-state index contributed by atoms with van der Waals surface area (Å²) in [6.07, 6.45) is -4.88. The van der Waals surface area contributed by atoms with E-state index in [1.807, 2.05) is 0 Å². The fourth-order valence-electron chi connectivity index (χ4n) is 3.29. The number of alkyl halides is 4. The summed E-state index contributed by atoms with van der Waals surface area (Å²) >= 11 is 0. The molecule has 30 heavy (non-hydrogen) atoms. The van der Waals surface area contributed by atoms with E-state index in [0.29, 0.717) is 19.2 Å². The van der Waals surface area contributed by atoms with Crippen molar-refractivity contribution < 1.29 is 30.8 Å². The molecule has 1 aromatic rings. The molecule has 0 spiro atoms. The van der Waals surface area contributed by atoms with Crippen molar-refractivity contribution in [3.63, 3.8) is 0 Å². The number of nitrogens with one attached hydrogen (secondary N) is 2. The first-order chi connectivity index (χ1) is 13.7. The second-order valence-corrected chi connectivity index (χ2v) is 10.9. The minimum Gasteiger partial charge on any atom is -0.354 e. The smallest absolute Gasteiger partial charge is 0.354 e. The van der Waals surface area contributed by atoms with Crippen LogP contribution in [0.1, 0.15) is 52.0 Å². The van der Waals surface area contributed by atoms with Crippen LogP contribution in [0.5, 0.6) is 0 Å². The maximum absolute atomic E-state index is 15.3. The van der Waals surface area contributed by atoms with Gasteiger partial charge >= 0.3 is 6.18 Å². The molecule has 1 aliphatic carbocycles. The van der Waals surface area contributed by atoms with E-state index < -0.39 is 36.9 Å². The molecule has 10 heteroatoms. The van der Waals surface area contributed by atoms with E-state index in [2.05, 4.69) is 10.6 Å². The van der Waals surface area contributed by atoms with Crippen LogP contribution in [0.15, 0.2) is 29.2 Å². The molecule has 1 aromatic carbocycles. The molecular formula is C20H28F4N2O3S. The normalized spacial score (nSPS) is 23.2. The van der Waals surface area contributed by atoms with Crippen LogP contribution in [-0.2, 0) is 20.8 Å². The Labute approximate surface area is 174 Å². The van der Waals surface area contributed by atoms with Gasteiger partial charge < -0.3 is 10.6 Å². The first-order valence-electron chi connectivity index (χ1n) is 9.79. The lowest BCUT2D eigenvalue weighted by Crippen LogP contribution is -2.45. The molecule has 0 radical (unpaired) electrons. The zero-order chi connectivity index (χ0) is 22.8. The number of hydrogen-bond donors (Lipinski definition) is 2. The average Bonchev–Trinajstić information content (AvgIpc) is 2.65. The molecule has 0 heterocycles. The first kappa shape index (κ1) is 24.6. The summed E-state index contributed by atoms with van der Waals surface area (Å²) in [5.41, 5.74) is -1.63. The molecule has 0 atom stereocenters. The van der Waals surface area contributed by atoms with Gasteiger partial charge in [0.25, 0.3) is 0 Å². The maximum atomic E-state index is 15.3. The number of benzene rings is 1. The van der Waals surface area contributed by atoms with Crippen LogP contribution in [0.3, 0.4) is 0 Å². The van der Waals surface area contributed by atoms with E-state index >= 15 is 4.39 Å². The van der Waals surface area contributed by atoms with Gasteiger partial charge in [0.2, 0.25) is 20.7 Å². The minimum absolute atomic E-state index is 0.0945. The van der Waals surface area contributed by atoms with Gasteiger partial charge in [-0.05, 0) is 43.9 Å². The fourth-order valence-corrected chi connectivity index (χ4v) is 5.03. The topological polar surface area (TPSA) is 75.3 Å². The highest BCUT2D eigenvalue weighted by Gasteiger charge is 2.48. The quantitative estimate of drug-likeness (QED) is 0.508. The van der Waals surface area contributed by atoms with E-state index in [4.69, 9.17) is 0 Å². The molecule has 1 fully saturated rings. The number of carbonyl (C=O) groups is 1. The lowest BCUT2D eigenvalue weighted by molar-refractivity contribution is -0.137. The van der Waals surface area contributed by atoms with Gasteiger partial charge in [-0.1, -0.05) is 26.8 Å². The Morgan fingerprint density at radius 3 is 2.27 bits per heavy atom. The van der Waals surface area contributed by atoms with Crippen LogP contribution in [0.4, 0.5) is 17.6 Å². The molecule has 0 saturated heterocycles. The Hall–Kier alpha value is -1.68. The number of halogens is 4. The highest BCUT2D eigenvalue weighted by molar-refractivity contribution is 7.92. The zero-order valence-electron chi connectivity index (χ0n) is 17.3. The summed E-state index contributed by atoms with van der Waals surface area (Å²) in [6, 6.07) is 3.08. The lowest BCUT2D eigenvalue weighted by atomic mass is 9.93. The first-order valence-corrected chi connectivity index (χ1v) is 11.3. The van der Waals surface area contributed by atoms with Crippen molar-refractivity contribution in [2.75, 3.05) is 13.1 Å². The Morgan fingerprint density at radius 1 is 1.13 bits per heavy atom. The molecule has 0 aliphatic heterocycles. The van der Waals surface area contributed by atoms with Crippen LogP contribution in [0.25, 0.3) is 0 Å². The highest BCUT2D eigenvalue weighted by Crippen LogP contribution is 2.41. The fraction of sp³-hybridized carbons (Fsp3) is 0.650. The summed E-state index contributed by atoms with van der Waals surface area (Å²) < 4.78 is 79.4. The molecule has 0 bridgehead atoms. The average molecular weight is 453 g/mol. The Bertz CT molecular complexity index is 856. The molecule has 1 saturated carbocycles. The minimum atomic E-state index is -4.71. The van der Waals surface area contributed by atoms with Crippen molar-refractivity contribution in [3.8, 4) is 0 Å². The third-order valence-electron chi connectivity index (χ3n) is 5.21. The molecule has 1 amide bonds. The Morgan fingerprint density at radius 2 is 1.73 bits per heavy atom. The predicted octanol–water partition coefficient (Wildman–Crippen LogP) is 3.84. The molecule has 0 unspecified atom stereocenters. The van der Waals surface area contributed by atoms with Gasteiger partial charge in [-0.15, -0.1) is 0 Å². The SMILES string of the molecule is CC(C)(C)C(=O)NCCN[C@H]1CC[C@@](F)(S(=O)(=O)c2cccc(C(F)(F)F)c2)CC1. The van der Waals surface area contributed by atoms with Crippen LogP contribution in [0.2, 0.25) is 0 Å². The Kier molecular flexibility index (Phi) is 7.23. The molecule has 0 aromatic heterocycles. The van der Waals surface area contributed by atoms with E-state index in [0.717, 1.165) is 18.2 Å². The van der Waals surface area contributed by atoms with Crippen molar-refractivity contribution in [3.05, 3.63) is 29.8 Å². The summed E-state index contributed by atoms with van der Waals surface area (Å²) in [7, 11) is -4.57. The number of carbonyl (C=O) groups excluding carboxylic acids is 1. The van der Waals surface area contributed by atoms with Crippen molar-refractivity contribution in [1.82, 2.24) is 10.6 Å². The molecule has 1 aliphatic rings. The van der Waals surface area contributed by atoms with Crippen molar-refractivity contribution in [1.29, 1.82) is 0 Å². The Balaban J connectivity index is 1.95. The molecule has 5 nitrogen and oxygen atoms in total. The number of sulfone groups is 1. The van der Waals surface area contributed by atoms with Crippen LogP contribution < -0.4 is 10.6 Å². The van der Waals surface area contributed by atoms with E-state index in [9.17, 15) is 26.4 Å². The van der Waals surface area contributed by atoms with E-state index in [-0.39, 0.29) is 37.6 Å². The number of amides is 1. The summed E-state index contributed by atoms with van der Waals surface area (Å²) in [4.78, 5) is 11.1. The molecular weight excluding hydrogens is 424 g/mol. The molecule has 2 rings (SSSR count). The summed E-state index contributed by atoms with van der Waals surface area (Å²) in [5, 5.41) is 3.34. The summed E-state index contributed by atoms with van der Waals surface area (Å²) in [6.45, 7) is 6.22. The van der Waals surface area contributed by atoms with Gasteiger partial charge in [-0.2, -0.15) is 13.2 Å². The van der Waals surface area contributed by atoms with Gasteiger partial charge in [0.1, 0.15) is 0 Å². The van der Waals surface area contributed by atoms with E-state index in [1.54, 1.807) is 20.8 Å². The van der Waals surface area contributed by atoms with Gasteiger partial charge in [0.15, 0.2) is 0 Å². The third kappa shape index (κ3) is 5.72. The number of hydrogen-bond acceptors (Lipinski definition) is 4. The summed E-state index contributed by atoms with van der Waals surface area (Å²) in [5.74, 6) is -0.0945. The van der Waals surface area contributed by atoms with Crippen LogP contribution >= 0.6 is 0 Å². The van der Waals surface area contributed by atoms with Gasteiger partial charge in [-0.25, -0.2) is 12.8 Å². The highest BCUT2D eigenvalue weighted by atomic mass is 32.2. The van der Waals surface area contributed by atoms with Crippen LogP contribution in [0, 0.1) is 5.41 Å². The van der Waals surface area contributed by atoms with Gasteiger partial charge in [-0.3, -0.25) is 4.79 Å². The monoisotopic (exact) mass is 452 g/mol. The molecule has 170 valence electrons. The second-order valence-electron chi connectivity index (χ2n) is 8.65. The largest absolute Gasteiger partial charge is 0.416 e. The van der Waals surface area contributed by atoms with Gasteiger partial charge in [0, 0.05) is 24.5 Å². The third-order valence-corrected chi connectivity index (χ3v) is 7.46. The van der Waals surface area contributed by atoms with Gasteiger partial charge in [0.05, 0.1) is 10.5 Å². The van der Waals surface area contributed by atoms with Crippen molar-refractivity contribution >= 4 is 15.7 Å². The maximum Gasteiger partial charge on any atom is 0.416 e. The standard InChI is InChI=1S/C20H28F4N2O3S/c1-18(2,3)17(27)26-12-11-25-15-7-9-19(21,10-8-15)30(28,29)16-6-4-5-14(13-16)20(22,23)24/h4-6,13,15,25H,7-12H2,1-3H3,(H,26,27)/t15-,19+.